The normalized spacial score (nSPS) is 8.39. The molecule has 41 heavy (non-hydrogen) atoms. The van der Waals surface area contributed by atoms with Crippen molar-refractivity contribution in [1.82, 2.24) is 0 Å². The zero-order valence-corrected chi connectivity index (χ0v) is 36.6. The Morgan fingerprint density at radius 2 is 0.976 bits per heavy atom. The largest absolute Gasteiger partial charge is 0.494 e. The molecule has 0 saturated heterocycles. The van der Waals surface area contributed by atoms with Gasteiger partial charge in [-0.3, -0.25) is 4.79 Å². The van der Waals surface area contributed by atoms with E-state index in [-0.39, 0.29) is 0 Å². The third-order valence-corrected chi connectivity index (χ3v) is 23.8. The lowest BCUT2D eigenvalue weighted by Crippen LogP contribution is -1.94. The Kier molecular flexibility index (Phi) is 39.6. The lowest BCUT2D eigenvalue weighted by molar-refractivity contribution is 0.112. The van der Waals surface area contributed by atoms with Gasteiger partial charge in [-0.15, -0.1) is 0 Å². The second-order valence-corrected chi connectivity index (χ2v) is 28.4. The summed E-state index contributed by atoms with van der Waals surface area (Å²) in [5.74, 6) is 1.75. The topological polar surface area (TPSA) is 35.5 Å². The Hall–Kier alpha value is 1.71. The third-order valence-electron chi connectivity index (χ3n) is 3.37. The van der Waals surface area contributed by atoms with E-state index in [0.29, 0.717) is 5.56 Å². The molecule has 0 atom stereocenters. The number of halogens is 2. The van der Waals surface area contributed by atoms with E-state index in [1.54, 1.807) is 86.4 Å². The summed E-state index contributed by atoms with van der Waals surface area (Å²) < 4.78 is 11.7. The summed E-state index contributed by atoms with van der Waals surface area (Å²) in [7, 11) is 16.5. The van der Waals surface area contributed by atoms with Crippen LogP contribution >= 0.6 is 31.9 Å². The van der Waals surface area contributed by atoms with Crippen molar-refractivity contribution in [3.63, 3.8) is 0 Å². The molecule has 230 valence electrons. The highest BCUT2D eigenvalue weighted by molar-refractivity contribution is 9.28. The van der Waals surface area contributed by atoms with Gasteiger partial charge in [0.25, 0.3) is 0 Å². The predicted octanol–water partition coefficient (Wildman–Crippen LogP) is 6.82. The summed E-state index contributed by atoms with van der Waals surface area (Å²) in [5.41, 5.74) is 1.82. The lowest BCUT2D eigenvalue weighted by Gasteiger charge is -2.03. The number of aldehydes is 1. The summed E-state index contributed by atoms with van der Waals surface area (Å²) in [6, 6.07) is 15.1. The highest BCUT2D eigenvalue weighted by Crippen LogP contribution is 2.20. The van der Waals surface area contributed by atoms with E-state index in [0.717, 1.165) is 52.8 Å². The van der Waals surface area contributed by atoms with Crippen LogP contribution in [0.25, 0.3) is 6.08 Å². The Morgan fingerprint density at radius 3 is 1.27 bits per heavy atom. The SMILES string of the molecule is CCCOc1ccc(C=C(Br)Br)cc1.CCCOc1ccc(C=O)cc1.S=S=S=S=S=S=S.S=S=S=S=S=S=S=S. The van der Waals surface area contributed by atoms with Crippen LogP contribution in [0.4, 0.5) is 0 Å². The fourth-order valence-corrected chi connectivity index (χ4v) is 21.7. The molecule has 0 spiro atoms. The van der Waals surface area contributed by atoms with Crippen molar-refractivity contribution in [3.8, 4) is 11.5 Å². The van der Waals surface area contributed by atoms with Crippen LogP contribution in [0.5, 0.6) is 11.5 Å². The predicted molar refractivity (Wildman–Crippen MR) is 226 cm³/mol. The number of rotatable bonds is 8. The van der Waals surface area contributed by atoms with Crippen LogP contribution < -0.4 is 9.47 Å². The maximum absolute atomic E-state index is 10.3. The van der Waals surface area contributed by atoms with Gasteiger partial charge >= 0.3 is 0 Å². The number of hydrogen-bond donors (Lipinski definition) is 0. The number of ether oxygens (including phenoxy) is 2. The minimum absolute atomic E-state index is 0.679. The van der Waals surface area contributed by atoms with Crippen molar-refractivity contribution in [3.05, 3.63) is 63.0 Å². The minimum atomic E-state index is 0.679. The van der Waals surface area contributed by atoms with Gasteiger partial charge in [0.2, 0.25) is 0 Å². The molecule has 0 bridgehead atoms. The molecule has 0 aliphatic heterocycles. The molecule has 0 heterocycles. The quantitative estimate of drug-likeness (QED) is 0.269. The second-order valence-electron chi connectivity index (χ2n) is 6.14. The first-order chi connectivity index (χ1) is 19.9. The standard InChI is InChI=1S/C11H12Br2O.C10H12O2.S8.S7/c1-2-7-14-10-5-3-9(4-6-10)8-11(12)13;1-2-7-12-10-5-3-9(8-11)4-6-10;1-3-5-7-8-6-4-2;1-3-5-7-6-4-2/h3-6,8H,2,7H2,1H3;3-6,8H,2,7H2,1H3;;. The van der Waals surface area contributed by atoms with Crippen LogP contribution in [0, 0.1) is 0 Å². The van der Waals surface area contributed by atoms with Crippen LogP contribution in [-0.2, 0) is 142 Å². The molecular formula is C21H24Br2O3S15. The summed E-state index contributed by atoms with van der Waals surface area (Å²) >= 11 is 25.0. The average molecular weight is 965 g/mol. The van der Waals surface area contributed by atoms with Gasteiger partial charge < -0.3 is 9.47 Å². The first kappa shape index (κ1) is 44.8. The second kappa shape index (κ2) is 36.2. The van der Waals surface area contributed by atoms with Crippen LogP contribution in [0.15, 0.2) is 51.9 Å². The molecule has 0 saturated carbocycles. The van der Waals surface area contributed by atoms with Gasteiger partial charge in [0, 0.05) is 148 Å². The lowest BCUT2D eigenvalue weighted by atomic mass is 10.2. The van der Waals surface area contributed by atoms with Crippen LogP contribution in [0.3, 0.4) is 0 Å². The smallest absolute Gasteiger partial charge is 0.150 e. The number of benzene rings is 2. The number of hydrogen-bond acceptors (Lipinski definition) is 7. The molecule has 2 aromatic carbocycles. The number of carbonyl (C=O) groups excluding carboxylic acids is 1. The summed E-state index contributed by atoms with van der Waals surface area (Å²) in [6.07, 6.45) is 4.84. The van der Waals surface area contributed by atoms with Crippen LogP contribution in [0.1, 0.15) is 42.6 Å². The first-order valence-electron chi connectivity index (χ1n) is 10.7. The van der Waals surface area contributed by atoms with Crippen LogP contribution in [-0.4, -0.2) is 19.5 Å². The van der Waals surface area contributed by atoms with Crippen molar-refractivity contribution < 1.29 is 14.3 Å². The molecule has 0 aromatic heterocycles. The zero-order valence-electron chi connectivity index (χ0n) is 21.2. The van der Waals surface area contributed by atoms with Crippen molar-refractivity contribution >= 4 is 187 Å². The van der Waals surface area contributed by atoms with Crippen molar-refractivity contribution in [2.45, 2.75) is 26.7 Å². The van der Waals surface area contributed by atoms with Gasteiger partial charge in [-0.1, -0.05) is 26.0 Å². The molecule has 0 amide bonds. The van der Waals surface area contributed by atoms with E-state index in [4.69, 9.17) is 9.47 Å². The maximum Gasteiger partial charge on any atom is 0.150 e. The molecule has 0 N–H and O–H groups in total. The van der Waals surface area contributed by atoms with E-state index in [9.17, 15) is 4.79 Å². The molecule has 2 aromatic rings. The minimum Gasteiger partial charge on any atom is -0.494 e. The summed E-state index contributed by atoms with van der Waals surface area (Å²) in [6.45, 7) is 5.65. The summed E-state index contributed by atoms with van der Waals surface area (Å²) in [4.78, 5) is 10.3. The van der Waals surface area contributed by atoms with Gasteiger partial charge in [0.1, 0.15) is 17.8 Å². The maximum atomic E-state index is 10.3. The van der Waals surface area contributed by atoms with Crippen molar-refractivity contribution in [1.29, 1.82) is 0 Å². The van der Waals surface area contributed by atoms with Crippen LogP contribution in [0.2, 0.25) is 0 Å². The van der Waals surface area contributed by atoms with Gasteiger partial charge in [-0.25, -0.2) is 0 Å². The first-order valence-corrected chi connectivity index (χ1v) is 29.6. The van der Waals surface area contributed by atoms with Gasteiger partial charge in [-0.05, 0) is 92.7 Å². The zero-order chi connectivity index (χ0) is 31.0. The molecule has 3 nitrogen and oxygen atoms in total. The highest BCUT2D eigenvalue weighted by atomic mass is 79.9. The van der Waals surface area contributed by atoms with E-state index in [1.807, 2.05) is 30.3 Å². The highest BCUT2D eigenvalue weighted by Gasteiger charge is 1.94. The molecule has 0 unspecified atom stereocenters. The molecule has 0 aliphatic rings. The Balaban J connectivity index is 0. The molecule has 20 heteroatoms. The van der Waals surface area contributed by atoms with E-state index in [2.05, 4.69) is 90.5 Å². The summed E-state index contributed by atoms with van der Waals surface area (Å²) in [5, 5.41) is 0. The third kappa shape index (κ3) is 32.9. The fourth-order valence-electron chi connectivity index (χ4n) is 1.95. The van der Waals surface area contributed by atoms with Gasteiger partial charge in [0.05, 0.1) is 16.6 Å². The average Bonchev–Trinajstić information content (AvgIpc) is 2.99. The number of carbonyl (C=O) groups is 1. The van der Waals surface area contributed by atoms with E-state index >= 15 is 0 Å². The molecule has 0 radical (unpaired) electrons. The van der Waals surface area contributed by atoms with Gasteiger partial charge in [-0.2, -0.15) is 0 Å². The van der Waals surface area contributed by atoms with E-state index < -0.39 is 0 Å². The Bertz CT molecular complexity index is 1460. The monoisotopic (exact) mass is 962 g/mol. The Labute approximate surface area is 310 Å². The van der Waals surface area contributed by atoms with Gasteiger partial charge in [0.15, 0.2) is 0 Å². The van der Waals surface area contributed by atoms with Crippen molar-refractivity contribution in [2.75, 3.05) is 13.2 Å². The van der Waals surface area contributed by atoms with Crippen molar-refractivity contribution in [2.24, 2.45) is 0 Å². The molecular weight excluding hydrogens is 941 g/mol. The van der Waals surface area contributed by atoms with E-state index in [1.165, 1.54) is 35.5 Å². The Morgan fingerprint density at radius 1 is 0.634 bits per heavy atom. The molecule has 0 fully saturated rings. The fraction of sp³-hybridized carbons (Fsp3) is 0.286. The molecule has 0 aliphatic carbocycles. The molecule has 2 rings (SSSR count).